The van der Waals surface area contributed by atoms with Crippen LogP contribution < -0.4 is 15.4 Å². The van der Waals surface area contributed by atoms with E-state index < -0.39 is 24.3 Å². The molecule has 35 heavy (non-hydrogen) atoms. The molecule has 1 aliphatic rings. The van der Waals surface area contributed by atoms with Gasteiger partial charge in [-0.1, -0.05) is 19.9 Å². The molecule has 0 saturated carbocycles. The molecule has 3 rings (SSSR count). The lowest BCUT2D eigenvalue weighted by atomic mass is 10.0. The number of alkyl halides is 3. The topological polar surface area (TPSA) is 87.7 Å². The SMILES string of the molecule is CC(C)C(=O)NC1CCCN(C(=O)c2ccc(OCC(=O)Nc3cccc(C(F)(F)F)c3)cc2)C1. The van der Waals surface area contributed by atoms with E-state index in [9.17, 15) is 27.6 Å². The summed E-state index contributed by atoms with van der Waals surface area (Å²) in [6, 6.07) is 10.5. The Morgan fingerprint density at radius 1 is 1.11 bits per heavy atom. The summed E-state index contributed by atoms with van der Waals surface area (Å²) in [5.74, 6) is -0.611. The lowest BCUT2D eigenvalue weighted by Crippen LogP contribution is -2.50. The maximum Gasteiger partial charge on any atom is 0.416 e. The van der Waals surface area contributed by atoms with Crippen molar-refractivity contribution >= 4 is 23.4 Å². The van der Waals surface area contributed by atoms with Crippen molar-refractivity contribution in [2.45, 2.75) is 38.9 Å². The Hall–Kier alpha value is -3.56. The number of nitrogens with one attached hydrogen (secondary N) is 2. The molecule has 188 valence electrons. The summed E-state index contributed by atoms with van der Waals surface area (Å²) in [5.41, 5.74) is -0.404. The third-order valence-electron chi connectivity index (χ3n) is 5.52. The summed E-state index contributed by atoms with van der Waals surface area (Å²) in [7, 11) is 0. The van der Waals surface area contributed by atoms with Crippen molar-refractivity contribution in [1.29, 1.82) is 0 Å². The lowest BCUT2D eigenvalue weighted by Gasteiger charge is -2.33. The zero-order valence-corrected chi connectivity index (χ0v) is 19.5. The van der Waals surface area contributed by atoms with E-state index in [0.717, 1.165) is 25.0 Å². The molecule has 1 heterocycles. The fourth-order valence-corrected chi connectivity index (χ4v) is 3.64. The highest BCUT2D eigenvalue weighted by molar-refractivity contribution is 5.94. The van der Waals surface area contributed by atoms with Gasteiger partial charge < -0.3 is 20.3 Å². The Balaban J connectivity index is 1.51. The van der Waals surface area contributed by atoms with Crippen LogP contribution in [0, 0.1) is 5.92 Å². The number of amides is 3. The average molecular weight is 492 g/mol. The van der Waals surface area contributed by atoms with E-state index in [1.807, 2.05) is 13.8 Å². The van der Waals surface area contributed by atoms with Crippen LogP contribution >= 0.6 is 0 Å². The number of rotatable bonds is 7. The summed E-state index contributed by atoms with van der Waals surface area (Å²) < 4.78 is 43.8. The zero-order chi connectivity index (χ0) is 25.6. The maximum atomic E-state index is 12.9. The maximum absolute atomic E-state index is 12.9. The van der Waals surface area contributed by atoms with Crippen LogP contribution in [0.1, 0.15) is 42.6 Å². The number of carbonyl (C=O) groups is 3. The van der Waals surface area contributed by atoms with Gasteiger partial charge in [0.25, 0.3) is 11.8 Å². The third-order valence-corrected chi connectivity index (χ3v) is 5.52. The van der Waals surface area contributed by atoms with Crippen LogP contribution in [-0.4, -0.2) is 48.4 Å². The molecular formula is C25H28F3N3O4. The van der Waals surface area contributed by atoms with Gasteiger partial charge in [-0.15, -0.1) is 0 Å². The number of likely N-dealkylation sites (tertiary alicyclic amines) is 1. The number of piperidine rings is 1. The van der Waals surface area contributed by atoms with Gasteiger partial charge in [0.2, 0.25) is 5.91 Å². The first-order chi connectivity index (χ1) is 16.5. The number of halogens is 3. The lowest BCUT2D eigenvalue weighted by molar-refractivity contribution is -0.137. The minimum atomic E-state index is -4.51. The van der Waals surface area contributed by atoms with Crippen LogP contribution in [0.2, 0.25) is 0 Å². The predicted molar refractivity (Wildman–Crippen MR) is 124 cm³/mol. The van der Waals surface area contributed by atoms with Gasteiger partial charge in [0, 0.05) is 36.3 Å². The van der Waals surface area contributed by atoms with Gasteiger partial charge in [-0.05, 0) is 55.3 Å². The Labute approximate surface area is 201 Å². The van der Waals surface area contributed by atoms with Crippen LogP contribution in [-0.2, 0) is 15.8 Å². The highest BCUT2D eigenvalue weighted by Crippen LogP contribution is 2.30. The van der Waals surface area contributed by atoms with Crippen molar-refractivity contribution in [3.05, 3.63) is 59.7 Å². The van der Waals surface area contributed by atoms with Crippen LogP contribution in [0.15, 0.2) is 48.5 Å². The highest BCUT2D eigenvalue weighted by Gasteiger charge is 2.30. The van der Waals surface area contributed by atoms with Gasteiger partial charge in [-0.2, -0.15) is 13.2 Å². The summed E-state index contributed by atoms with van der Waals surface area (Å²) >= 11 is 0. The quantitative estimate of drug-likeness (QED) is 0.611. The van der Waals surface area contributed by atoms with Crippen molar-refractivity contribution in [1.82, 2.24) is 10.2 Å². The number of benzene rings is 2. The van der Waals surface area contributed by atoms with Gasteiger partial charge in [0.05, 0.1) is 5.56 Å². The zero-order valence-electron chi connectivity index (χ0n) is 19.5. The van der Waals surface area contributed by atoms with Crippen molar-refractivity contribution in [2.75, 3.05) is 25.0 Å². The Morgan fingerprint density at radius 2 is 1.83 bits per heavy atom. The summed E-state index contributed by atoms with van der Waals surface area (Å²) in [5, 5.41) is 5.34. The summed E-state index contributed by atoms with van der Waals surface area (Å²) in [4.78, 5) is 38.6. The molecule has 0 aliphatic carbocycles. The van der Waals surface area contributed by atoms with Crippen LogP contribution in [0.25, 0.3) is 0 Å². The van der Waals surface area contributed by atoms with E-state index in [2.05, 4.69) is 10.6 Å². The minimum Gasteiger partial charge on any atom is -0.484 e. The summed E-state index contributed by atoms with van der Waals surface area (Å²) in [6.45, 7) is 4.26. The molecule has 1 atom stereocenters. The molecule has 1 aliphatic heterocycles. The second-order valence-electron chi connectivity index (χ2n) is 8.69. The average Bonchev–Trinajstić information content (AvgIpc) is 2.82. The van der Waals surface area contributed by atoms with Gasteiger partial charge in [0.1, 0.15) is 5.75 Å². The molecule has 10 heteroatoms. The molecule has 0 spiro atoms. The van der Waals surface area contributed by atoms with E-state index in [1.54, 1.807) is 29.2 Å². The van der Waals surface area contributed by atoms with Gasteiger partial charge in [0.15, 0.2) is 6.61 Å². The molecule has 3 amide bonds. The van der Waals surface area contributed by atoms with Crippen molar-refractivity contribution in [3.8, 4) is 5.75 Å². The van der Waals surface area contributed by atoms with E-state index in [-0.39, 0.29) is 29.5 Å². The van der Waals surface area contributed by atoms with Gasteiger partial charge in [-0.25, -0.2) is 0 Å². The first-order valence-electron chi connectivity index (χ1n) is 11.3. The van der Waals surface area contributed by atoms with E-state index in [1.165, 1.54) is 12.1 Å². The highest BCUT2D eigenvalue weighted by atomic mass is 19.4. The van der Waals surface area contributed by atoms with E-state index in [4.69, 9.17) is 4.74 Å². The second-order valence-corrected chi connectivity index (χ2v) is 8.69. The number of ether oxygens (including phenoxy) is 1. The summed E-state index contributed by atoms with van der Waals surface area (Å²) in [6.07, 6.45) is -2.90. The van der Waals surface area contributed by atoms with Gasteiger partial charge >= 0.3 is 6.18 Å². The Bertz CT molecular complexity index is 1050. The number of nitrogens with zero attached hydrogens (tertiary/aromatic N) is 1. The molecule has 0 bridgehead atoms. The number of hydrogen-bond acceptors (Lipinski definition) is 4. The van der Waals surface area contributed by atoms with Crippen molar-refractivity contribution in [2.24, 2.45) is 5.92 Å². The second kappa shape index (κ2) is 11.2. The molecule has 1 unspecified atom stereocenters. The number of anilines is 1. The number of hydrogen-bond donors (Lipinski definition) is 2. The van der Waals surface area contributed by atoms with Crippen LogP contribution in [0.3, 0.4) is 0 Å². The smallest absolute Gasteiger partial charge is 0.416 e. The molecule has 7 nitrogen and oxygen atoms in total. The van der Waals surface area contributed by atoms with E-state index >= 15 is 0 Å². The van der Waals surface area contributed by atoms with Crippen LogP contribution in [0.5, 0.6) is 5.75 Å². The molecule has 1 saturated heterocycles. The van der Waals surface area contributed by atoms with Crippen molar-refractivity contribution in [3.63, 3.8) is 0 Å². The Morgan fingerprint density at radius 3 is 2.49 bits per heavy atom. The molecule has 2 aromatic carbocycles. The Kier molecular flexibility index (Phi) is 8.37. The first kappa shape index (κ1) is 26.1. The standard InChI is InChI=1S/C25H28F3N3O4/c1-16(2)23(33)30-20-7-4-12-31(14-20)24(34)17-8-10-21(11-9-17)35-15-22(32)29-19-6-3-5-18(13-19)25(26,27)28/h3,5-6,8-11,13,16,20H,4,7,12,14-15H2,1-2H3,(H,29,32)(H,30,33). The molecular weight excluding hydrogens is 463 g/mol. The number of carbonyl (C=O) groups excluding carboxylic acids is 3. The first-order valence-corrected chi connectivity index (χ1v) is 11.3. The fourth-order valence-electron chi connectivity index (χ4n) is 3.64. The third kappa shape index (κ3) is 7.46. The van der Waals surface area contributed by atoms with Gasteiger partial charge in [-0.3, -0.25) is 14.4 Å². The largest absolute Gasteiger partial charge is 0.484 e. The van der Waals surface area contributed by atoms with E-state index in [0.29, 0.717) is 24.4 Å². The fraction of sp³-hybridized carbons (Fsp3) is 0.400. The molecule has 2 aromatic rings. The molecule has 1 fully saturated rings. The monoisotopic (exact) mass is 491 g/mol. The predicted octanol–water partition coefficient (Wildman–Crippen LogP) is 4.10. The minimum absolute atomic E-state index is 0.0128. The molecule has 0 radical (unpaired) electrons. The van der Waals surface area contributed by atoms with Crippen molar-refractivity contribution < 1.29 is 32.3 Å². The normalized spacial score (nSPS) is 16.1. The van der Waals surface area contributed by atoms with Crippen LogP contribution in [0.4, 0.5) is 18.9 Å². The molecule has 0 aromatic heterocycles. The molecule has 2 N–H and O–H groups in total.